The highest BCUT2D eigenvalue weighted by Gasteiger charge is 2.25. The number of anilines is 1. The Kier molecular flexibility index (Phi) is 6.32. The molecule has 138 valence electrons. The Morgan fingerprint density at radius 1 is 1.16 bits per heavy atom. The number of carbonyl (C=O) groups excluding carboxylic acids is 1. The first-order valence-corrected chi connectivity index (χ1v) is 9.62. The van der Waals surface area contributed by atoms with Crippen molar-refractivity contribution in [3.05, 3.63) is 29.8 Å². The molecule has 0 aliphatic carbocycles. The number of urea groups is 1. The van der Waals surface area contributed by atoms with Crippen molar-refractivity contribution in [2.24, 2.45) is 5.92 Å². The zero-order chi connectivity index (χ0) is 17.6. The first kappa shape index (κ1) is 18.2. The maximum absolute atomic E-state index is 12.5. The predicted molar refractivity (Wildman–Crippen MR) is 103 cm³/mol. The van der Waals surface area contributed by atoms with Gasteiger partial charge in [-0.05, 0) is 76.5 Å². The van der Waals surface area contributed by atoms with Crippen molar-refractivity contribution in [2.45, 2.75) is 32.2 Å². The molecule has 5 nitrogen and oxygen atoms in total. The zero-order valence-corrected chi connectivity index (χ0v) is 15.7. The molecule has 25 heavy (non-hydrogen) atoms. The Morgan fingerprint density at radius 3 is 2.56 bits per heavy atom. The number of nitrogens with one attached hydrogen (secondary N) is 1. The summed E-state index contributed by atoms with van der Waals surface area (Å²) >= 11 is 0. The van der Waals surface area contributed by atoms with E-state index in [9.17, 15) is 4.79 Å². The molecule has 0 unspecified atom stereocenters. The van der Waals surface area contributed by atoms with E-state index in [1.54, 1.807) is 0 Å². The van der Waals surface area contributed by atoms with E-state index in [1.165, 1.54) is 38.0 Å². The lowest BCUT2D eigenvalue weighted by Crippen LogP contribution is -2.43. The average Bonchev–Trinajstić information content (AvgIpc) is 3.08. The molecule has 2 heterocycles. The third-order valence-electron chi connectivity index (χ3n) is 5.29. The standard InChI is InChI=1S/C20H32N4O/c1-22(2)15-18-6-5-7-19(14-18)21-20(25)24-12-8-17(9-13-24)16-23-10-3-4-11-23/h5-7,14,17H,3-4,8-13,15-16H2,1-2H3,(H,21,25). The molecule has 1 aromatic rings. The lowest BCUT2D eigenvalue weighted by atomic mass is 9.96. The third kappa shape index (κ3) is 5.44. The van der Waals surface area contributed by atoms with Gasteiger partial charge in [-0.15, -0.1) is 0 Å². The van der Waals surface area contributed by atoms with Crippen LogP contribution in [0.1, 0.15) is 31.2 Å². The predicted octanol–water partition coefficient (Wildman–Crippen LogP) is 3.09. The number of benzene rings is 1. The number of hydrogen-bond donors (Lipinski definition) is 1. The molecule has 0 aromatic heterocycles. The highest BCUT2D eigenvalue weighted by atomic mass is 16.2. The molecule has 0 saturated carbocycles. The Hall–Kier alpha value is -1.59. The van der Waals surface area contributed by atoms with E-state index in [4.69, 9.17) is 0 Å². The van der Waals surface area contributed by atoms with Gasteiger partial charge in [-0.25, -0.2) is 4.79 Å². The minimum Gasteiger partial charge on any atom is -0.325 e. The van der Waals surface area contributed by atoms with E-state index in [0.29, 0.717) is 0 Å². The van der Waals surface area contributed by atoms with Crippen LogP contribution < -0.4 is 5.32 Å². The fourth-order valence-electron chi connectivity index (χ4n) is 3.96. The number of likely N-dealkylation sites (tertiary alicyclic amines) is 2. The van der Waals surface area contributed by atoms with Gasteiger partial charge in [0, 0.05) is 31.9 Å². The van der Waals surface area contributed by atoms with E-state index in [0.717, 1.165) is 44.1 Å². The van der Waals surface area contributed by atoms with Crippen LogP contribution in [-0.2, 0) is 6.54 Å². The van der Waals surface area contributed by atoms with Gasteiger partial charge in [0.15, 0.2) is 0 Å². The molecule has 1 aromatic carbocycles. The van der Waals surface area contributed by atoms with Crippen LogP contribution >= 0.6 is 0 Å². The molecule has 3 rings (SSSR count). The monoisotopic (exact) mass is 344 g/mol. The van der Waals surface area contributed by atoms with Crippen LogP contribution in [0.25, 0.3) is 0 Å². The molecule has 0 bridgehead atoms. The first-order valence-electron chi connectivity index (χ1n) is 9.62. The number of carbonyl (C=O) groups is 1. The maximum Gasteiger partial charge on any atom is 0.321 e. The topological polar surface area (TPSA) is 38.8 Å². The van der Waals surface area contributed by atoms with Gasteiger partial charge in [-0.3, -0.25) is 0 Å². The summed E-state index contributed by atoms with van der Waals surface area (Å²) in [7, 11) is 4.11. The normalized spacial score (nSPS) is 19.6. The fraction of sp³-hybridized carbons (Fsp3) is 0.650. The van der Waals surface area contributed by atoms with Crippen molar-refractivity contribution < 1.29 is 4.79 Å². The van der Waals surface area contributed by atoms with E-state index in [2.05, 4.69) is 41.3 Å². The number of hydrogen-bond acceptors (Lipinski definition) is 3. The van der Waals surface area contributed by atoms with Gasteiger partial charge in [0.1, 0.15) is 0 Å². The summed E-state index contributed by atoms with van der Waals surface area (Å²) in [5, 5.41) is 3.07. The largest absolute Gasteiger partial charge is 0.325 e. The Morgan fingerprint density at radius 2 is 1.88 bits per heavy atom. The highest BCUT2D eigenvalue weighted by Crippen LogP contribution is 2.21. The summed E-state index contributed by atoms with van der Waals surface area (Å²) in [6.45, 7) is 6.39. The number of nitrogens with zero attached hydrogens (tertiary/aromatic N) is 3. The molecule has 0 atom stereocenters. The van der Waals surface area contributed by atoms with Crippen molar-refractivity contribution >= 4 is 11.7 Å². The highest BCUT2D eigenvalue weighted by molar-refractivity contribution is 5.89. The summed E-state index contributed by atoms with van der Waals surface area (Å²) in [5.41, 5.74) is 2.11. The van der Waals surface area contributed by atoms with E-state index in [-0.39, 0.29) is 6.03 Å². The number of piperidine rings is 1. The molecule has 2 aliphatic heterocycles. The summed E-state index contributed by atoms with van der Waals surface area (Å²) in [5.74, 6) is 0.755. The van der Waals surface area contributed by atoms with E-state index >= 15 is 0 Å². The summed E-state index contributed by atoms with van der Waals surface area (Å²) in [6.07, 6.45) is 4.97. The van der Waals surface area contributed by atoms with Crippen molar-refractivity contribution in [3.63, 3.8) is 0 Å². The fourth-order valence-corrected chi connectivity index (χ4v) is 3.96. The molecule has 2 aliphatic rings. The van der Waals surface area contributed by atoms with Gasteiger partial charge >= 0.3 is 6.03 Å². The molecular formula is C20H32N4O. The molecule has 1 N–H and O–H groups in total. The molecule has 2 saturated heterocycles. The lowest BCUT2D eigenvalue weighted by Gasteiger charge is -2.33. The Balaban J connectivity index is 1.46. The molecule has 2 amide bonds. The van der Waals surface area contributed by atoms with Crippen molar-refractivity contribution in [2.75, 3.05) is 52.1 Å². The van der Waals surface area contributed by atoms with Crippen LogP contribution in [0.15, 0.2) is 24.3 Å². The van der Waals surface area contributed by atoms with Crippen LogP contribution in [0.5, 0.6) is 0 Å². The van der Waals surface area contributed by atoms with Gasteiger partial charge < -0.3 is 20.0 Å². The second-order valence-corrected chi connectivity index (χ2v) is 7.81. The number of amides is 2. The summed E-state index contributed by atoms with van der Waals surface area (Å²) in [4.78, 5) is 19.2. The van der Waals surface area contributed by atoms with Crippen molar-refractivity contribution in [1.29, 1.82) is 0 Å². The Bertz CT molecular complexity index is 561. The Labute approximate surface area is 152 Å². The van der Waals surface area contributed by atoms with E-state index in [1.807, 2.05) is 17.0 Å². The van der Waals surface area contributed by atoms with Gasteiger partial charge in [0.05, 0.1) is 0 Å². The maximum atomic E-state index is 12.5. The lowest BCUT2D eigenvalue weighted by molar-refractivity contribution is 0.163. The quantitative estimate of drug-likeness (QED) is 0.892. The van der Waals surface area contributed by atoms with E-state index < -0.39 is 0 Å². The molecule has 0 spiro atoms. The smallest absolute Gasteiger partial charge is 0.321 e. The van der Waals surface area contributed by atoms with Crippen LogP contribution in [0.4, 0.5) is 10.5 Å². The minimum absolute atomic E-state index is 0.0432. The summed E-state index contributed by atoms with van der Waals surface area (Å²) < 4.78 is 0. The number of rotatable bonds is 5. The summed E-state index contributed by atoms with van der Waals surface area (Å²) in [6, 6.07) is 8.19. The van der Waals surface area contributed by atoms with Gasteiger partial charge in [-0.1, -0.05) is 12.1 Å². The van der Waals surface area contributed by atoms with Gasteiger partial charge in [0.25, 0.3) is 0 Å². The minimum atomic E-state index is 0.0432. The van der Waals surface area contributed by atoms with Crippen LogP contribution in [-0.4, -0.2) is 67.5 Å². The second kappa shape index (κ2) is 8.68. The van der Waals surface area contributed by atoms with Crippen LogP contribution in [0.2, 0.25) is 0 Å². The molecule has 5 heteroatoms. The SMILES string of the molecule is CN(C)Cc1cccc(NC(=O)N2CCC(CN3CCCC3)CC2)c1. The molecule has 0 radical (unpaired) electrons. The zero-order valence-electron chi connectivity index (χ0n) is 15.7. The average molecular weight is 345 g/mol. The van der Waals surface area contributed by atoms with Crippen LogP contribution in [0.3, 0.4) is 0 Å². The first-order chi connectivity index (χ1) is 12.1. The van der Waals surface area contributed by atoms with Crippen molar-refractivity contribution in [1.82, 2.24) is 14.7 Å². The van der Waals surface area contributed by atoms with Crippen molar-refractivity contribution in [3.8, 4) is 0 Å². The second-order valence-electron chi connectivity index (χ2n) is 7.81. The van der Waals surface area contributed by atoms with Gasteiger partial charge in [0.2, 0.25) is 0 Å². The van der Waals surface area contributed by atoms with Crippen LogP contribution in [0, 0.1) is 5.92 Å². The van der Waals surface area contributed by atoms with Gasteiger partial charge in [-0.2, -0.15) is 0 Å². The molecule has 2 fully saturated rings. The third-order valence-corrected chi connectivity index (χ3v) is 5.29. The molecular weight excluding hydrogens is 312 g/mol.